The summed E-state index contributed by atoms with van der Waals surface area (Å²) in [6, 6.07) is 13.2. The van der Waals surface area contributed by atoms with Crippen LogP contribution in [0.5, 0.6) is 5.75 Å². The monoisotopic (exact) mass is 469 g/mol. The van der Waals surface area contributed by atoms with Crippen molar-refractivity contribution in [1.29, 1.82) is 0 Å². The van der Waals surface area contributed by atoms with Gasteiger partial charge in [0, 0.05) is 10.4 Å². The topological polar surface area (TPSA) is 56.5 Å². The van der Waals surface area contributed by atoms with E-state index in [1.807, 2.05) is 36.4 Å². The lowest BCUT2D eigenvalue weighted by Crippen LogP contribution is -2.23. The fourth-order valence-electron chi connectivity index (χ4n) is 2.85. The van der Waals surface area contributed by atoms with E-state index in [1.165, 1.54) is 4.68 Å². The van der Waals surface area contributed by atoms with Crippen LogP contribution in [0.1, 0.15) is 58.3 Å². The van der Waals surface area contributed by atoms with Gasteiger partial charge in [0.15, 0.2) is 0 Å². The molecule has 0 N–H and O–H groups in total. The molecule has 0 unspecified atom stereocenters. The maximum absolute atomic E-state index is 13.1. The van der Waals surface area contributed by atoms with Crippen molar-refractivity contribution in [3.8, 4) is 5.75 Å². The molecular formula is C24H28BrN3O2. The summed E-state index contributed by atoms with van der Waals surface area (Å²) in [7, 11) is 0. The van der Waals surface area contributed by atoms with E-state index < -0.39 is 0 Å². The van der Waals surface area contributed by atoms with Crippen LogP contribution in [0.4, 0.5) is 0 Å². The Bertz CT molecular complexity index is 1110. The molecule has 0 radical (unpaired) electrons. The predicted octanol–water partition coefficient (Wildman–Crippen LogP) is 5.98. The van der Waals surface area contributed by atoms with Gasteiger partial charge in [-0.05, 0) is 59.9 Å². The summed E-state index contributed by atoms with van der Waals surface area (Å²) in [6.45, 7) is 11.2. The van der Waals surface area contributed by atoms with Gasteiger partial charge in [0.1, 0.15) is 11.6 Å². The summed E-state index contributed by atoms with van der Waals surface area (Å²) in [4.78, 5) is 17.9. The molecule has 2 aromatic carbocycles. The minimum atomic E-state index is -0.169. The van der Waals surface area contributed by atoms with Crippen LogP contribution in [0.2, 0.25) is 0 Å². The van der Waals surface area contributed by atoms with Crippen molar-refractivity contribution in [1.82, 2.24) is 9.66 Å². The average Bonchev–Trinajstić information content (AvgIpc) is 2.71. The minimum absolute atomic E-state index is 0.103. The van der Waals surface area contributed by atoms with E-state index in [9.17, 15) is 4.79 Å². The van der Waals surface area contributed by atoms with Gasteiger partial charge in [-0.15, -0.1) is 0 Å². The minimum Gasteiger partial charge on any atom is -0.493 e. The zero-order chi connectivity index (χ0) is 21.9. The van der Waals surface area contributed by atoms with E-state index in [2.05, 4.69) is 55.7 Å². The number of aromatic nitrogens is 2. The van der Waals surface area contributed by atoms with Crippen LogP contribution < -0.4 is 10.3 Å². The van der Waals surface area contributed by atoms with E-state index >= 15 is 0 Å². The van der Waals surface area contributed by atoms with Gasteiger partial charge in [-0.25, -0.2) is 4.98 Å². The molecule has 0 saturated heterocycles. The molecule has 1 heterocycles. The molecule has 0 saturated carbocycles. The Morgan fingerprint density at radius 1 is 1.20 bits per heavy atom. The predicted molar refractivity (Wildman–Crippen MR) is 127 cm³/mol. The lowest BCUT2D eigenvalue weighted by Gasteiger charge is -2.18. The molecule has 1 atom stereocenters. The molecule has 6 heteroatoms. The summed E-state index contributed by atoms with van der Waals surface area (Å²) in [5.74, 6) is 1.59. The Morgan fingerprint density at radius 2 is 1.90 bits per heavy atom. The summed E-state index contributed by atoms with van der Waals surface area (Å²) in [6.07, 6.45) is 2.55. The highest BCUT2D eigenvalue weighted by Gasteiger charge is 2.15. The molecule has 1 aromatic heterocycles. The zero-order valence-electron chi connectivity index (χ0n) is 18.1. The number of hydrogen-bond acceptors (Lipinski definition) is 4. The molecular weight excluding hydrogens is 442 g/mol. The van der Waals surface area contributed by atoms with Crippen molar-refractivity contribution < 1.29 is 4.74 Å². The largest absolute Gasteiger partial charge is 0.493 e. The first-order valence-corrected chi connectivity index (χ1v) is 11.0. The van der Waals surface area contributed by atoms with Crippen LogP contribution >= 0.6 is 15.9 Å². The Hall–Kier alpha value is -2.47. The highest BCUT2D eigenvalue weighted by Crippen LogP contribution is 2.21. The van der Waals surface area contributed by atoms with Gasteiger partial charge in [0.05, 0.1) is 23.7 Å². The summed E-state index contributed by atoms with van der Waals surface area (Å²) in [5, 5.41) is 5.04. The Labute approximate surface area is 185 Å². The van der Waals surface area contributed by atoms with E-state index in [1.54, 1.807) is 12.3 Å². The first kappa shape index (κ1) is 22.2. The molecule has 0 spiro atoms. The fourth-order valence-corrected chi connectivity index (χ4v) is 3.21. The summed E-state index contributed by atoms with van der Waals surface area (Å²) >= 11 is 3.43. The molecule has 3 rings (SSSR count). The fraction of sp³-hybridized carbons (Fsp3) is 0.375. The summed E-state index contributed by atoms with van der Waals surface area (Å²) < 4.78 is 8.08. The molecule has 30 heavy (non-hydrogen) atoms. The smallest absolute Gasteiger partial charge is 0.282 e. The standard InChI is InChI=1S/C24H28BrN3O2/c1-6-16(2)22-27-21-12-9-18(25)13-20(21)23(29)28(22)26-14-17-7-10-19(11-8-17)30-15-24(3,4)5/h7-14,16H,6,15H2,1-5H3/t16-/m0/s1. The van der Waals surface area contributed by atoms with Gasteiger partial charge in [0.25, 0.3) is 5.56 Å². The van der Waals surface area contributed by atoms with Gasteiger partial charge in [0.2, 0.25) is 0 Å². The van der Waals surface area contributed by atoms with Crippen molar-refractivity contribution in [2.45, 2.75) is 47.0 Å². The van der Waals surface area contributed by atoms with Crippen LogP contribution in [0.3, 0.4) is 0 Å². The van der Waals surface area contributed by atoms with Gasteiger partial charge < -0.3 is 4.74 Å². The molecule has 0 aliphatic heterocycles. The second kappa shape index (κ2) is 9.13. The number of nitrogens with zero attached hydrogens (tertiary/aromatic N) is 3. The normalized spacial score (nSPS) is 13.1. The van der Waals surface area contributed by atoms with Crippen molar-refractivity contribution in [3.05, 3.63) is 68.7 Å². The molecule has 0 fully saturated rings. The lowest BCUT2D eigenvalue weighted by atomic mass is 9.99. The molecule has 0 aliphatic rings. The Kier molecular flexibility index (Phi) is 6.76. The molecule has 0 amide bonds. The van der Waals surface area contributed by atoms with Crippen LogP contribution in [0, 0.1) is 5.41 Å². The van der Waals surface area contributed by atoms with Gasteiger partial charge in [-0.1, -0.05) is 50.5 Å². The maximum atomic E-state index is 13.1. The van der Waals surface area contributed by atoms with Crippen molar-refractivity contribution in [3.63, 3.8) is 0 Å². The van der Waals surface area contributed by atoms with Crippen molar-refractivity contribution >= 4 is 33.0 Å². The second-order valence-electron chi connectivity index (χ2n) is 8.72. The number of rotatable bonds is 6. The highest BCUT2D eigenvalue weighted by atomic mass is 79.9. The molecule has 158 valence electrons. The SMILES string of the molecule is CC[C@H](C)c1nc2ccc(Br)cc2c(=O)n1N=Cc1ccc(OCC(C)(C)C)cc1. The Morgan fingerprint density at radius 3 is 2.53 bits per heavy atom. The van der Waals surface area contributed by atoms with E-state index in [0.29, 0.717) is 23.3 Å². The molecule has 3 aromatic rings. The molecule has 0 bridgehead atoms. The zero-order valence-corrected chi connectivity index (χ0v) is 19.7. The lowest BCUT2D eigenvalue weighted by molar-refractivity contribution is 0.198. The maximum Gasteiger partial charge on any atom is 0.282 e. The highest BCUT2D eigenvalue weighted by molar-refractivity contribution is 9.10. The quantitative estimate of drug-likeness (QED) is 0.417. The first-order valence-electron chi connectivity index (χ1n) is 10.2. The number of halogens is 1. The van der Waals surface area contributed by atoms with E-state index in [0.717, 1.165) is 22.2 Å². The van der Waals surface area contributed by atoms with Crippen LogP contribution in [0.25, 0.3) is 10.9 Å². The van der Waals surface area contributed by atoms with E-state index in [-0.39, 0.29) is 16.9 Å². The molecule has 5 nitrogen and oxygen atoms in total. The third-order valence-corrected chi connectivity index (χ3v) is 5.25. The van der Waals surface area contributed by atoms with Crippen LogP contribution in [-0.2, 0) is 0 Å². The van der Waals surface area contributed by atoms with Gasteiger partial charge in [-0.3, -0.25) is 4.79 Å². The average molecular weight is 470 g/mol. The number of hydrogen-bond donors (Lipinski definition) is 0. The molecule has 0 aliphatic carbocycles. The van der Waals surface area contributed by atoms with Crippen molar-refractivity contribution in [2.75, 3.05) is 6.61 Å². The van der Waals surface area contributed by atoms with Crippen LogP contribution in [-0.4, -0.2) is 22.5 Å². The van der Waals surface area contributed by atoms with Gasteiger partial charge in [-0.2, -0.15) is 9.78 Å². The van der Waals surface area contributed by atoms with Gasteiger partial charge >= 0.3 is 0 Å². The van der Waals surface area contributed by atoms with Crippen molar-refractivity contribution in [2.24, 2.45) is 10.5 Å². The van der Waals surface area contributed by atoms with Crippen LogP contribution in [0.15, 0.2) is 56.8 Å². The Balaban J connectivity index is 1.95. The third-order valence-electron chi connectivity index (χ3n) is 4.76. The number of benzene rings is 2. The number of ether oxygens (including phenoxy) is 1. The summed E-state index contributed by atoms with van der Waals surface area (Å²) in [5.41, 5.74) is 1.50. The number of fused-ring (bicyclic) bond motifs is 1. The first-order chi connectivity index (χ1) is 14.2. The third kappa shape index (κ3) is 5.36. The second-order valence-corrected chi connectivity index (χ2v) is 9.64. The van der Waals surface area contributed by atoms with E-state index in [4.69, 9.17) is 9.72 Å².